The van der Waals surface area contributed by atoms with E-state index in [1.807, 2.05) is 0 Å². The molecule has 1 saturated heterocycles. The molecule has 0 bridgehead atoms. The van der Waals surface area contributed by atoms with Gasteiger partial charge in [-0.3, -0.25) is 4.79 Å². The lowest BCUT2D eigenvalue weighted by molar-refractivity contribution is -0.712. The third-order valence-corrected chi connectivity index (χ3v) is 2.17. The number of esters is 1. The number of carboxylic acids is 1. The number of hydrazine groups is 1. The number of carbonyl (C=O) groups is 2. The second-order valence-corrected chi connectivity index (χ2v) is 3.38. The zero-order valence-corrected chi connectivity index (χ0v) is 9.24. The van der Waals surface area contributed by atoms with Gasteiger partial charge in [0.15, 0.2) is 6.04 Å². The minimum atomic E-state index is -1.08. The molecule has 1 rings (SSSR count). The van der Waals surface area contributed by atoms with Crippen LogP contribution in [0.3, 0.4) is 0 Å². The highest BCUT2D eigenvalue weighted by Crippen LogP contribution is 2.17. The molecule has 1 N–H and O–H groups in total. The minimum absolute atomic E-state index is 0.0648. The molecule has 0 saturated carbocycles. The maximum Gasteiger partial charge on any atom is 0.332 e. The normalized spacial score (nSPS) is 20.2. The van der Waals surface area contributed by atoms with Crippen molar-refractivity contribution in [2.24, 2.45) is 5.28 Å². The van der Waals surface area contributed by atoms with Crippen LogP contribution in [0.5, 0.6) is 0 Å². The summed E-state index contributed by atoms with van der Waals surface area (Å²) in [5.74, 6) is -1.65. The van der Waals surface area contributed by atoms with Crippen molar-refractivity contribution < 1.29 is 29.2 Å². The van der Waals surface area contributed by atoms with Crippen LogP contribution in [0.25, 0.3) is 0 Å². The molecular weight excluding hydrogens is 234 g/mol. The summed E-state index contributed by atoms with van der Waals surface area (Å²) in [5, 5.41) is 24.3. The summed E-state index contributed by atoms with van der Waals surface area (Å²) in [6, 6.07) is -0.895. The van der Waals surface area contributed by atoms with Crippen molar-refractivity contribution in [1.29, 1.82) is 0 Å². The van der Waals surface area contributed by atoms with Crippen molar-refractivity contribution in [1.82, 2.24) is 5.01 Å². The molecule has 1 aliphatic heterocycles. The summed E-state index contributed by atoms with van der Waals surface area (Å²) < 4.78 is 4.37. The average molecular weight is 247 g/mol. The van der Waals surface area contributed by atoms with Gasteiger partial charge in [0.05, 0.1) is 11.5 Å². The fraction of sp³-hybridized carbons (Fsp3) is 0.750. The SMILES string of the molecule is CC(=O)OCO/N=[N+](\[O-])N1CCC[C@H]1C(=O)O. The molecule has 0 aliphatic carbocycles. The van der Waals surface area contributed by atoms with Crippen molar-refractivity contribution in [3.05, 3.63) is 5.21 Å². The molecule has 1 heterocycles. The largest absolute Gasteiger partial charge is 0.569 e. The predicted octanol–water partition coefficient (Wildman–Crippen LogP) is -0.135. The van der Waals surface area contributed by atoms with Crippen molar-refractivity contribution in [2.75, 3.05) is 13.3 Å². The molecule has 96 valence electrons. The Morgan fingerprint density at radius 3 is 2.94 bits per heavy atom. The Hall–Kier alpha value is -2.06. The van der Waals surface area contributed by atoms with Crippen LogP contribution in [0, 0.1) is 5.21 Å². The van der Waals surface area contributed by atoms with E-state index in [0.717, 1.165) is 5.01 Å². The van der Waals surface area contributed by atoms with Crippen molar-refractivity contribution >= 4 is 11.9 Å². The Kier molecular flexibility index (Phi) is 4.49. The number of carbonyl (C=O) groups excluding carboxylic acids is 1. The molecule has 0 amide bonds. The second-order valence-electron chi connectivity index (χ2n) is 3.38. The van der Waals surface area contributed by atoms with E-state index in [1.54, 1.807) is 0 Å². The first-order chi connectivity index (χ1) is 8.02. The molecule has 0 radical (unpaired) electrons. The Balaban J connectivity index is 2.45. The van der Waals surface area contributed by atoms with E-state index in [0.29, 0.717) is 19.4 Å². The van der Waals surface area contributed by atoms with Gasteiger partial charge in [0.2, 0.25) is 5.28 Å². The first kappa shape index (κ1) is 13.0. The number of carboxylic acid groups (broad SMARTS) is 1. The maximum atomic E-state index is 11.4. The van der Waals surface area contributed by atoms with E-state index in [4.69, 9.17) is 5.11 Å². The highest BCUT2D eigenvalue weighted by molar-refractivity contribution is 5.73. The maximum absolute atomic E-state index is 11.4. The Morgan fingerprint density at radius 2 is 2.35 bits per heavy atom. The number of ether oxygens (including phenoxy) is 1. The topological polar surface area (TPSA) is 114 Å². The zero-order valence-electron chi connectivity index (χ0n) is 9.24. The molecule has 0 spiro atoms. The van der Waals surface area contributed by atoms with Gasteiger partial charge in [0.1, 0.15) is 0 Å². The van der Waals surface area contributed by atoms with Crippen LogP contribution in [0.2, 0.25) is 0 Å². The summed E-state index contributed by atoms with van der Waals surface area (Å²) in [6.07, 6.45) is 0.975. The van der Waals surface area contributed by atoms with Crippen molar-refractivity contribution in [3.63, 3.8) is 0 Å². The first-order valence-electron chi connectivity index (χ1n) is 4.95. The van der Waals surface area contributed by atoms with Crippen LogP contribution in [0.15, 0.2) is 5.28 Å². The molecule has 0 unspecified atom stereocenters. The molecule has 0 aromatic carbocycles. The van der Waals surface area contributed by atoms with Gasteiger partial charge < -0.3 is 19.9 Å². The highest BCUT2D eigenvalue weighted by atomic mass is 16.8. The summed E-state index contributed by atoms with van der Waals surface area (Å²) >= 11 is 0. The lowest BCUT2D eigenvalue weighted by Crippen LogP contribution is -2.40. The van der Waals surface area contributed by atoms with E-state index in [-0.39, 0.29) is 4.97 Å². The molecule has 1 aliphatic rings. The van der Waals surface area contributed by atoms with E-state index < -0.39 is 24.8 Å². The van der Waals surface area contributed by atoms with E-state index in [9.17, 15) is 14.8 Å². The van der Waals surface area contributed by atoms with Gasteiger partial charge in [-0.05, 0) is 12.8 Å². The monoisotopic (exact) mass is 247 g/mol. The van der Waals surface area contributed by atoms with Crippen LogP contribution in [0.4, 0.5) is 0 Å². The van der Waals surface area contributed by atoms with Gasteiger partial charge in [0, 0.05) is 6.92 Å². The van der Waals surface area contributed by atoms with E-state index in [2.05, 4.69) is 14.9 Å². The Morgan fingerprint density at radius 1 is 1.65 bits per heavy atom. The van der Waals surface area contributed by atoms with Gasteiger partial charge in [-0.2, -0.15) is 0 Å². The predicted molar refractivity (Wildman–Crippen MR) is 51.1 cm³/mol. The third kappa shape index (κ3) is 3.78. The summed E-state index contributed by atoms with van der Waals surface area (Å²) in [6.45, 7) is 0.986. The molecule has 17 heavy (non-hydrogen) atoms. The van der Waals surface area contributed by atoms with E-state index in [1.165, 1.54) is 6.92 Å². The lowest BCUT2D eigenvalue weighted by Gasteiger charge is -2.16. The number of nitrogens with zero attached hydrogens (tertiary/aromatic N) is 3. The minimum Gasteiger partial charge on any atom is -0.569 e. The summed E-state index contributed by atoms with van der Waals surface area (Å²) in [7, 11) is 0. The number of aliphatic carboxylic acids is 1. The average Bonchev–Trinajstić information content (AvgIpc) is 2.72. The van der Waals surface area contributed by atoms with Crippen LogP contribution < -0.4 is 0 Å². The molecule has 0 aromatic heterocycles. The number of rotatable bonds is 5. The zero-order chi connectivity index (χ0) is 12.8. The summed E-state index contributed by atoms with van der Waals surface area (Å²) in [5.41, 5.74) is 0. The molecule has 1 atom stereocenters. The fourth-order valence-corrected chi connectivity index (χ4v) is 1.44. The van der Waals surface area contributed by atoms with Crippen molar-refractivity contribution in [3.8, 4) is 0 Å². The quantitative estimate of drug-likeness (QED) is 0.179. The number of hydrogen-bond acceptors (Lipinski definition) is 6. The Bertz CT molecular complexity index is 331. The highest BCUT2D eigenvalue weighted by Gasteiger charge is 2.36. The van der Waals surface area contributed by atoms with Gasteiger partial charge in [-0.25, -0.2) is 4.79 Å². The standard InChI is InChI=1S/C8H13N3O6/c1-6(12)16-5-17-9-11(15)10-4-2-3-7(10)8(13)14/h7H,2-5H2,1H3,(H,13,14)/b11-9-/t7-/m0/s1. The van der Waals surface area contributed by atoms with Crippen LogP contribution in [-0.4, -0.2) is 46.4 Å². The van der Waals surface area contributed by atoms with Crippen LogP contribution >= 0.6 is 0 Å². The smallest absolute Gasteiger partial charge is 0.332 e. The lowest BCUT2D eigenvalue weighted by atomic mass is 10.2. The number of hydrogen-bond donors (Lipinski definition) is 1. The van der Waals surface area contributed by atoms with Gasteiger partial charge >= 0.3 is 11.9 Å². The second kappa shape index (κ2) is 5.87. The molecule has 9 heteroatoms. The molecule has 9 nitrogen and oxygen atoms in total. The fourth-order valence-electron chi connectivity index (χ4n) is 1.44. The first-order valence-corrected chi connectivity index (χ1v) is 4.95. The van der Waals surface area contributed by atoms with Gasteiger partial charge in [0.25, 0.3) is 6.79 Å². The summed E-state index contributed by atoms with van der Waals surface area (Å²) in [4.78, 5) is 25.6. The van der Waals surface area contributed by atoms with Crippen molar-refractivity contribution in [2.45, 2.75) is 25.8 Å². The molecular formula is C8H13N3O6. The Labute approximate surface area is 96.7 Å². The van der Waals surface area contributed by atoms with Crippen LogP contribution in [0.1, 0.15) is 19.8 Å². The van der Waals surface area contributed by atoms with Crippen LogP contribution in [-0.2, 0) is 19.2 Å². The third-order valence-electron chi connectivity index (χ3n) is 2.17. The van der Waals surface area contributed by atoms with Gasteiger partial charge in [-0.15, -0.1) is 5.01 Å². The van der Waals surface area contributed by atoms with E-state index >= 15 is 0 Å². The molecule has 1 fully saturated rings. The van der Waals surface area contributed by atoms with Gasteiger partial charge in [-0.1, -0.05) is 0 Å². The molecule has 0 aromatic rings.